The molecule has 0 amide bonds. The van der Waals surface area contributed by atoms with Gasteiger partial charge in [-0.3, -0.25) is 0 Å². The van der Waals surface area contributed by atoms with E-state index in [1.807, 2.05) is 20.8 Å². The highest BCUT2D eigenvalue weighted by Gasteiger charge is 2.25. The fraction of sp³-hybridized carbons (Fsp3) is 0.818. The first kappa shape index (κ1) is 14.9. The van der Waals surface area contributed by atoms with Gasteiger partial charge < -0.3 is 5.73 Å². The van der Waals surface area contributed by atoms with Gasteiger partial charge in [-0.05, 0) is 13.8 Å². The number of aryl methyl sites for hydroxylation is 1. The Labute approximate surface area is 108 Å². The fourth-order valence-electron chi connectivity index (χ4n) is 1.70. The molecule has 0 aliphatic rings. The smallest absolute Gasteiger partial charge is 0.169 e. The maximum absolute atomic E-state index is 11.8. The second kappa shape index (κ2) is 4.87. The number of aromatic nitrogens is 3. The van der Waals surface area contributed by atoms with E-state index in [-0.39, 0.29) is 23.0 Å². The summed E-state index contributed by atoms with van der Waals surface area (Å²) in [5.74, 6) is 0.417. The van der Waals surface area contributed by atoms with E-state index in [1.165, 1.54) is 0 Å². The summed E-state index contributed by atoms with van der Waals surface area (Å²) in [6.45, 7) is 9.63. The Bertz CT molecular complexity index is 512. The van der Waals surface area contributed by atoms with Gasteiger partial charge in [0.25, 0.3) is 0 Å². The van der Waals surface area contributed by atoms with Gasteiger partial charge in [0.15, 0.2) is 15.7 Å². The quantitative estimate of drug-likeness (QED) is 0.883. The van der Waals surface area contributed by atoms with Crippen LogP contribution in [0.5, 0.6) is 0 Å². The molecule has 0 radical (unpaired) electrons. The van der Waals surface area contributed by atoms with Crippen LogP contribution in [0.3, 0.4) is 0 Å². The number of nitrogen functional groups attached to an aromatic ring is 1. The van der Waals surface area contributed by atoms with Crippen LogP contribution in [0.25, 0.3) is 0 Å². The predicted molar refractivity (Wildman–Crippen MR) is 72.1 cm³/mol. The molecule has 1 rings (SSSR count). The second-order valence-electron chi connectivity index (χ2n) is 5.71. The molecule has 104 valence electrons. The fourth-order valence-corrected chi connectivity index (χ4v) is 2.60. The van der Waals surface area contributed by atoms with Crippen molar-refractivity contribution in [3.05, 3.63) is 5.69 Å². The Morgan fingerprint density at radius 3 is 2.33 bits per heavy atom. The molecule has 1 heterocycles. The van der Waals surface area contributed by atoms with Crippen LogP contribution in [-0.2, 0) is 21.8 Å². The molecule has 0 atom stereocenters. The zero-order valence-corrected chi connectivity index (χ0v) is 12.5. The molecule has 18 heavy (non-hydrogen) atoms. The molecular formula is C11H22N4O2S. The summed E-state index contributed by atoms with van der Waals surface area (Å²) in [6, 6.07) is 0. The van der Waals surface area contributed by atoms with Crippen LogP contribution in [0.2, 0.25) is 0 Å². The normalized spacial score (nSPS) is 13.2. The number of nitrogens with zero attached hydrogens (tertiary/aromatic N) is 3. The first-order valence-electron chi connectivity index (χ1n) is 5.96. The maximum atomic E-state index is 11.8. The number of anilines is 1. The van der Waals surface area contributed by atoms with Crippen LogP contribution in [0.15, 0.2) is 0 Å². The van der Waals surface area contributed by atoms with E-state index in [9.17, 15) is 8.42 Å². The van der Waals surface area contributed by atoms with Crippen molar-refractivity contribution in [2.45, 2.75) is 51.8 Å². The van der Waals surface area contributed by atoms with E-state index in [4.69, 9.17) is 5.73 Å². The predicted octanol–water partition coefficient (Wildman–Crippen LogP) is 0.981. The summed E-state index contributed by atoms with van der Waals surface area (Å²) >= 11 is 0. The van der Waals surface area contributed by atoms with Crippen molar-refractivity contribution >= 4 is 15.7 Å². The van der Waals surface area contributed by atoms with Crippen molar-refractivity contribution in [3.63, 3.8) is 0 Å². The lowest BCUT2D eigenvalue weighted by molar-refractivity contribution is 0.491. The molecule has 0 aromatic carbocycles. The summed E-state index contributed by atoms with van der Waals surface area (Å²) in [6.07, 6.45) is 0. The van der Waals surface area contributed by atoms with Gasteiger partial charge in [0.2, 0.25) is 0 Å². The zero-order chi connectivity index (χ0) is 14.1. The Morgan fingerprint density at radius 2 is 1.89 bits per heavy atom. The van der Waals surface area contributed by atoms with E-state index in [0.717, 1.165) is 5.69 Å². The minimum atomic E-state index is -3.08. The molecule has 7 heteroatoms. The van der Waals surface area contributed by atoms with Gasteiger partial charge in [-0.1, -0.05) is 26.0 Å². The summed E-state index contributed by atoms with van der Waals surface area (Å²) in [5, 5.41) is 7.37. The topological polar surface area (TPSA) is 90.9 Å². The van der Waals surface area contributed by atoms with Crippen molar-refractivity contribution in [1.82, 2.24) is 15.0 Å². The van der Waals surface area contributed by atoms with E-state index < -0.39 is 9.84 Å². The van der Waals surface area contributed by atoms with E-state index in [2.05, 4.69) is 10.3 Å². The molecule has 0 aliphatic carbocycles. The average Bonchev–Trinajstić information content (AvgIpc) is 2.56. The summed E-state index contributed by atoms with van der Waals surface area (Å²) in [4.78, 5) is 0. The van der Waals surface area contributed by atoms with E-state index in [1.54, 1.807) is 18.5 Å². The number of hydrogen-bond donors (Lipinski definition) is 1. The Balaban J connectivity index is 2.95. The van der Waals surface area contributed by atoms with Gasteiger partial charge in [-0.15, -0.1) is 5.10 Å². The van der Waals surface area contributed by atoms with Gasteiger partial charge in [-0.25, -0.2) is 13.1 Å². The van der Waals surface area contributed by atoms with Crippen LogP contribution < -0.4 is 5.73 Å². The van der Waals surface area contributed by atoms with Crippen LogP contribution in [0, 0.1) is 0 Å². The largest absolute Gasteiger partial charge is 0.381 e. The molecule has 0 spiro atoms. The SMILES string of the molecule is CC(C)S(=O)(=O)CCn1nnc(N)c1C(C)(C)C. The molecular weight excluding hydrogens is 252 g/mol. The van der Waals surface area contributed by atoms with Crippen molar-refractivity contribution in [3.8, 4) is 0 Å². The van der Waals surface area contributed by atoms with Gasteiger partial charge in [0.05, 0.1) is 23.2 Å². The summed E-state index contributed by atoms with van der Waals surface area (Å²) < 4.78 is 25.1. The van der Waals surface area contributed by atoms with Crippen molar-refractivity contribution in [2.75, 3.05) is 11.5 Å². The highest BCUT2D eigenvalue weighted by molar-refractivity contribution is 7.91. The zero-order valence-electron chi connectivity index (χ0n) is 11.6. The number of nitrogens with two attached hydrogens (primary N) is 1. The molecule has 0 aliphatic heterocycles. The Kier molecular flexibility index (Phi) is 4.05. The first-order chi connectivity index (χ1) is 8.05. The molecule has 1 aromatic heterocycles. The third-order valence-electron chi connectivity index (χ3n) is 2.78. The molecule has 0 saturated carbocycles. The lowest BCUT2D eigenvalue weighted by atomic mass is 9.92. The third-order valence-corrected chi connectivity index (χ3v) is 4.97. The van der Waals surface area contributed by atoms with Gasteiger partial charge in [0.1, 0.15) is 0 Å². The van der Waals surface area contributed by atoms with Crippen LogP contribution in [0.4, 0.5) is 5.82 Å². The van der Waals surface area contributed by atoms with Crippen LogP contribution in [0.1, 0.15) is 40.3 Å². The first-order valence-corrected chi connectivity index (χ1v) is 7.68. The average molecular weight is 274 g/mol. The number of rotatable bonds is 4. The molecule has 0 saturated heterocycles. The van der Waals surface area contributed by atoms with Crippen molar-refractivity contribution in [2.24, 2.45) is 0 Å². The summed E-state index contributed by atoms with van der Waals surface area (Å²) in [7, 11) is -3.08. The van der Waals surface area contributed by atoms with Crippen molar-refractivity contribution in [1.29, 1.82) is 0 Å². The molecule has 1 aromatic rings. The van der Waals surface area contributed by atoms with Gasteiger partial charge in [0, 0.05) is 5.41 Å². The van der Waals surface area contributed by atoms with E-state index in [0.29, 0.717) is 5.82 Å². The third kappa shape index (κ3) is 3.22. The maximum Gasteiger partial charge on any atom is 0.169 e. The molecule has 0 bridgehead atoms. The summed E-state index contributed by atoms with van der Waals surface area (Å²) in [5.41, 5.74) is 6.35. The van der Waals surface area contributed by atoms with E-state index >= 15 is 0 Å². The van der Waals surface area contributed by atoms with Crippen LogP contribution >= 0.6 is 0 Å². The lowest BCUT2D eigenvalue weighted by Crippen LogP contribution is -2.25. The number of sulfone groups is 1. The number of hydrogen-bond acceptors (Lipinski definition) is 5. The lowest BCUT2D eigenvalue weighted by Gasteiger charge is -2.20. The second-order valence-corrected chi connectivity index (χ2v) is 8.39. The highest BCUT2D eigenvalue weighted by atomic mass is 32.2. The molecule has 2 N–H and O–H groups in total. The van der Waals surface area contributed by atoms with Crippen LogP contribution in [-0.4, -0.2) is 34.4 Å². The molecule has 6 nitrogen and oxygen atoms in total. The highest BCUT2D eigenvalue weighted by Crippen LogP contribution is 2.25. The minimum absolute atomic E-state index is 0.0521. The van der Waals surface area contributed by atoms with Crippen molar-refractivity contribution < 1.29 is 8.42 Å². The van der Waals surface area contributed by atoms with Gasteiger partial charge >= 0.3 is 0 Å². The minimum Gasteiger partial charge on any atom is -0.381 e. The van der Waals surface area contributed by atoms with Gasteiger partial charge in [-0.2, -0.15) is 0 Å². The standard InChI is InChI=1S/C11H22N4O2S/c1-8(2)18(16,17)7-6-15-9(11(3,4)5)10(12)13-14-15/h8H,6-7,12H2,1-5H3. The monoisotopic (exact) mass is 274 g/mol. The molecule has 0 fully saturated rings. The molecule has 0 unspecified atom stereocenters. The Hall–Kier alpha value is -1.11. The Morgan fingerprint density at radius 1 is 1.33 bits per heavy atom.